The van der Waals surface area contributed by atoms with Gasteiger partial charge in [-0.05, 0) is 43.3 Å². The fraction of sp³-hybridized carbons (Fsp3) is 0.150. The van der Waals surface area contributed by atoms with Crippen molar-refractivity contribution in [3.63, 3.8) is 0 Å². The lowest BCUT2D eigenvalue weighted by atomic mass is 10.1. The predicted molar refractivity (Wildman–Crippen MR) is 111 cm³/mol. The van der Waals surface area contributed by atoms with E-state index in [9.17, 15) is 14.4 Å². The second kappa shape index (κ2) is 9.51. The van der Waals surface area contributed by atoms with Crippen LogP contribution in [0.15, 0.2) is 51.7 Å². The Morgan fingerprint density at radius 2 is 1.83 bits per heavy atom. The maximum atomic E-state index is 12.3. The quantitative estimate of drug-likeness (QED) is 0.440. The zero-order valence-electron chi connectivity index (χ0n) is 15.7. The molecule has 2 amide bonds. The third-order valence-corrected chi connectivity index (χ3v) is 4.36. The smallest absolute Gasteiger partial charge is 0.349 e. The van der Waals surface area contributed by atoms with Gasteiger partial charge in [0.25, 0.3) is 11.8 Å². The van der Waals surface area contributed by atoms with Crippen LogP contribution < -0.4 is 26.0 Å². The maximum Gasteiger partial charge on any atom is 0.349 e. The van der Waals surface area contributed by atoms with Crippen molar-refractivity contribution in [2.45, 2.75) is 6.92 Å². The van der Waals surface area contributed by atoms with Crippen LogP contribution in [0.4, 0.5) is 0 Å². The van der Waals surface area contributed by atoms with E-state index in [4.69, 9.17) is 37.1 Å². The van der Waals surface area contributed by atoms with E-state index in [1.165, 1.54) is 18.2 Å². The Balaban J connectivity index is 1.61. The van der Waals surface area contributed by atoms with Crippen LogP contribution in [0.1, 0.15) is 17.3 Å². The van der Waals surface area contributed by atoms with Crippen molar-refractivity contribution in [3.8, 4) is 11.5 Å². The average Bonchev–Trinajstić information content (AvgIpc) is 2.71. The first-order chi connectivity index (χ1) is 14.4. The third kappa shape index (κ3) is 5.22. The van der Waals surface area contributed by atoms with Crippen molar-refractivity contribution >= 4 is 46.0 Å². The molecule has 3 rings (SSSR count). The molecule has 1 aromatic heterocycles. The number of fused-ring (bicyclic) bond motifs is 1. The summed E-state index contributed by atoms with van der Waals surface area (Å²) < 4.78 is 15.8. The molecular formula is C20H16Cl2N2O6. The number of amides is 2. The van der Waals surface area contributed by atoms with Gasteiger partial charge in [-0.25, -0.2) is 4.79 Å². The van der Waals surface area contributed by atoms with E-state index in [1.807, 2.05) is 6.92 Å². The van der Waals surface area contributed by atoms with Gasteiger partial charge in [-0.1, -0.05) is 23.2 Å². The summed E-state index contributed by atoms with van der Waals surface area (Å²) in [5, 5.41) is 1.18. The van der Waals surface area contributed by atoms with E-state index in [0.717, 1.165) is 0 Å². The molecule has 30 heavy (non-hydrogen) atoms. The fourth-order valence-corrected chi connectivity index (χ4v) is 2.93. The zero-order chi connectivity index (χ0) is 21.7. The van der Waals surface area contributed by atoms with E-state index in [1.54, 1.807) is 24.3 Å². The highest BCUT2D eigenvalue weighted by molar-refractivity contribution is 6.35. The van der Waals surface area contributed by atoms with Crippen LogP contribution in [0.3, 0.4) is 0 Å². The number of halogens is 2. The Labute approximate surface area is 180 Å². The van der Waals surface area contributed by atoms with Crippen LogP contribution >= 0.6 is 23.2 Å². The summed E-state index contributed by atoms with van der Waals surface area (Å²) in [6, 6.07) is 10.8. The minimum absolute atomic E-state index is 0.237. The minimum atomic E-state index is -0.855. The summed E-state index contributed by atoms with van der Waals surface area (Å²) in [7, 11) is 0. The number of hydrogen-bond donors (Lipinski definition) is 2. The number of nitrogens with one attached hydrogen (secondary N) is 2. The molecule has 0 spiro atoms. The van der Waals surface area contributed by atoms with Gasteiger partial charge in [0, 0.05) is 16.5 Å². The summed E-state index contributed by atoms with van der Waals surface area (Å²) in [6.07, 6.45) is 0. The normalized spacial score (nSPS) is 10.5. The first-order valence-corrected chi connectivity index (χ1v) is 9.50. The Bertz CT molecular complexity index is 1160. The van der Waals surface area contributed by atoms with Gasteiger partial charge in [-0.2, -0.15) is 0 Å². The minimum Gasteiger partial charge on any atom is -0.494 e. The maximum absolute atomic E-state index is 12.3. The second-order valence-corrected chi connectivity index (χ2v) is 6.79. The first-order valence-electron chi connectivity index (χ1n) is 8.75. The molecule has 2 aromatic carbocycles. The zero-order valence-corrected chi connectivity index (χ0v) is 17.2. The summed E-state index contributed by atoms with van der Waals surface area (Å²) >= 11 is 11.7. The van der Waals surface area contributed by atoms with Gasteiger partial charge < -0.3 is 13.9 Å². The molecule has 2 N–H and O–H groups in total. The van der Waals surface area contributed by atoms with Crippen LogP contribution in [0.25, 0.3) is 11.0 Å². The van der Waals surface area contributed by atoms with E-state index >= 15 is 0 Å². The van der Waals surface area contributed by atoms with Crippen molar-refractivity contribution in [2.75, 3.05) is 13.2 Å². The molecule has 0 atom stereocenters. The Morgan fingerprint density at radius 3 is 2.57 bits per heavy atom. The van der Waals surface area contributed by atoms with E-state index < -0.39 is 24.0 Å². The Morgan fingerprint density at radius 1 is 1.03 bits per heavy atom. The molecule has 0 aliphatic rings. The van der Waals surface area contributed by atoms with E-state index in [2.05, 4.69) is 10.9 Å². The molecule has 0 aliphatic carbocycles. The SMILES string of the molecule is CCOc1ccc2cc(C(=O)NNC(=O)COc3ccc(Cl)cc3Cl)c(=O)oc2c1. The molecule has 0 radical (unpaired) electrons. The van der Waals surface area contributed by atoms with E-state index in [-0.39, 0.29) is 21.9 Å². The van der Waals surface area contributed by atoms with Gasteiger partial charge in [-0.15, -0.1) is 0 Å². The number of carbonyl (C=O) groups excluding carboxylic acids is 2. The molecule has 156 valence electrons. The highest BCUT2D eigenvalue weighted by Crippen LogP contribution is 2.27. The van der Waals surface area contributed by atoms with Crippen LogP contribution in [0.2, 0.25) is 10.0 Å². The number of ether oxygens (including phenoxy) is 2. The fourth-order valence-electron chi connectivity index (χ4n) is 2.47. The lowest BCUT2D eigenvalue weighted by Crippen LogP contribution is -2.45. The first kappa shape index (κ1) is 21.5. The highest BCUT2D eigenvalue weighted by Gasteiger charge is 2.15. The Kier molecular flexibility index (Phi) is 6.81. The second-order valence-electron chi connectivity index (χ2n) is 5.95. The van der Waals surface area contributed by atoms with Crippen molar-refractivity contribution in [3.05, 3.63) is 68.5 Å². The van der Waals surface area contributed by atoms with Crippen LogP contribution in [-0.4, -0.2) is 25.0 Å². The molecule has 0 saturated heterocycles. The van der Waals surface area contributed by atoms with Crippen LogP contribution in [-0.2, 0) is 4.79 Å². The molecular weight excluding hydrogens is 435 g/mol. The number of carbonyl (C=O) groups is 2. The number of hydrogen-bond acceptors (Lipinski definition) is 6. The van der Waals surface area contributed by atoms with Crippen LogP contribution in [0, 0.1) is 0 Å². The monoisotopic (exact) mass is 450 g/mol. The largest absolute Gasteiger partial charge is 0.494 e. The molecule has 0 saturated carbocycles. The molecule has 8 nitrogen and oxygen atoms in total. The predicted octanol–water partition coefficient (Wildman–Crippen LogP) is 3.34. The van der Waals surface area contributed by atoms with Crippen LogP contribution in [0.5, 0.6) is 11.5 Å². The van der Waals surface area contributed by atoms with Gasteiger partial charge >= 0.3 is 5.63 Å². The van der Waals surface area contributed by atoms with Gasteiger partial charge in [0.1, 0.15) is 22.6 Å². The van der Waals surface area contributed by atoms with Gasteiger partial charge in [0.2, 0.25) is 0 Å². The van der Waals surface area contributed by atoms with Crippen molar-refractivity contribution in [1.82, 2.24) is 10.9 Å². The van der Waals surface area contributed by atoms with Gasteiger partial charge in [0.15, 0.2) is 6.61 Å². The molecule has 1 heterocycles. The molecule has 0 aliphatic heterocycles. The van der Waals surface area contributed by atoms with Gasteiger partial charge in [0.05, 0.1) is 11.6 Å². The molecule has 0 bridgehead atoms. The van der Waals surface area contributed by atoms with Crippen molar-refractivity contribution < 1.29 is 23.5 Å². The highest BCUT2D eigenvalue weighted by atomic mass is 35.5. The average molecular weight is 451 g/mol. The molecule has 3 aromatic rings. The van der Waals surface area contributed by atoms with Crippen molar-refractivity contribution in [2.24, 2.45) is 0 Å². The summed E-state index contributed by atoms with van der Waals surface area (Å²) in [5.74, 6) is -0.708. The standard InChI is InChI=1S/C20H16Cl2N2O6/c1-2-28-13-5-3-11-7-14(20(27)30-17(11)9-13)19(26)24-23-18(25)10-29-16-6-4-12(21)8-15(16)22/h3-9H,2,10H2,1H3,(H,23,25)(H,24,26). The summed E-state index contributed by atoms with van der Waals surface area (Å²) in [4.78, 5) is 36.3. The molecule has 10 heteroatoms. The lowest BCUT2D eigenvalue weighted by molar-refractivity contribution is -0.123. The topological polar surface area (TPSA) is 107 Å². The lowest BCUT2D eigenvalue weighted by Gasteiger charge is -2.10. The van der Waals surface area contributed by atoms with E-state index in [0.29, 0.717) is 22.8 Å². The number of benzene rings is 2. The molecule has 0 unspecified atom stereocenters. The Hall–Kier alpha value is -3.23. The third-order valence-electron chi connectivity index (χ3n) is 3.83. The number of rotatable bonds is 6. The van der Waals surface area contributed by atoms with Crippen molar-refractivity contribution in [1.29, 1.82) is 0 Å². The summed E-state index contributed by atoms with van der Waals surface area (Å²) in [6.45, 7) is 1.87. The summed E-state index contributed by atoms with van der Waals surface area (Å²) in [5.41, 5.74) is 3.44. The van der Waals surface area contributed by atoms with Gasteiger partial charge in [-0.3, -0.25) is 20.4 Å². The molecule has 0 fully saturated rings. The number of hydrazine groups is 1.